The number of H-pyrrole nitrogens is 1. The van der Waals surface area contributed by atoms with Crippen LogP contribution in [0.5, 0.6) is 0 Å². The first-order valence-corrected chi connectivity index (χ1v) is 8.85. The molecule has 1 aromatic rings. The Hall–Kier alpha value is -1.85. The first-order valence-electron chi connectivity index (χ1n) is 8.85. The minimum Gasteiger partial charge on any atom is -0.481 e. The standard InChI is InChI=1S/C18H29N3O3/c1-12(13(2)21-14(3)22)15(16-19-10-11-20-16)6-9-18(17(23)24)7-4-5-8-18/h10-13,15H,4-9H2,1-3H3,(H,19,20)(H,21,22)(H,23,24)/t12-,13?,15+/m1/s1. The fraction of sp³-hybridized carbons (Fsp3) is 0.722. The van der Waals surface area contributed by atoms with Gasteiger partial charge in [0.25, 0.3) is 0 Å². The van der Waals surface area contributed by atoms with Crippen molar-refractivity contribution in [2.75, 3.05) is 0 Å². The summed E-state index contributed by atoms with van der Waals surface area (Å²) >= 11 is 0. The van der Waals surface area contributed by atoms with E-state index in [9.17, 15) is 14.7 Å². The van der Waals surface area contributed by atoms with E-state index in [-0.39, 0.29) is 23.8 Å². The summed E-state index contributed by atoms with van der Waals surface area (Å²) in [5.41, 5.74) is -0.582. The molecule has 1 unspecified atom stereocenters. The SMILES string of the molecule is CC(=O)NC(C)[C@@H](C)[C@H](CCC1(C(=O)O)CCCC1)c1ncc[nH]1. The highest BCUT2D eigenvalue weighted by atomic mass is 16.4. The molecule has 1 aliphatic carbocycles. The van der Waals surface area contributed by atoms with E-state index in [1.165, 1.54) is 6.92 Å². The first kappa shape index (κ1) is 18.5. The van der Waals surface area contributed by atoms with Gasteiger partial charge in [-0.15, -0.1) is 0 Å². The summed E-state index contributed by atoms with van der Waals surface area (Å²) in [6, 6.07) is 0.00181. The summed E-state index contributed by atoms with van der Waals surface area (Å²) in [5, 5.41) is 12.6. The number of imidazole rings is 1. The van der Waals surface area contributed by atoms with Crippen LogP contribution in [-0.2, 0) is 9.59 Å². The van der Waals surface area contributed by atoms with Crippen molar-refractivity contribution in [3.8, 4) is 0 Å². The summed E-state index contributed by atoms with van der Waals surface area (Å²) in [6.07, 6.45) is 8.45. The number of carboxylic acid groups (broad SMARTS) is 1. The Kier molecular flexibility index (Phi) is 6.02. The van der Waals surface area contributed by atoms with Crippen LogP contribution in [0.4, 0.5) is 0 Å². The average molecular weight is 335 g/mol. The van der Waals surface area contributed by atoms with Crippen LogP contribution in [-0.4, -0.2) is 33.0 Å². The molecular formula is C18H29N3O3. The van der Waals surface area contributed by atoms with Crippen LogP contribution in [0, 0.1) is 11.3 Å². The number of carbonyl (C=O) groups excluding carboxylic acids is 1. The average Bonchev–Trinajstić information content (AvgIpc) is 3.18. The van der Waals surface area contributed by atoms with Gasteiger partial charge in [0, 0.05) is 31.3 Å². The van der Waals surface area contributed by atoms with Crippen LogP contribution in [0.15, 0.2) is 12.4 Å². The number of nitrogens with one attached hydrogen (secondary N) is 2. The molecular weight excluding hydrogens is 306 g/mol. The maximum Gasteiger partial charge on any atom is 0.309 e. The maximum atomic E-state index is 11.8. The molecule has 1 aliphatic rings. The Balaban J connectivity index is 2.12. The quantitative estimate of drug-likeness (QED) is 0.680. The van der Waals surface area contributed by atoms with Gasteiger partial charge < -0.3 is 15.4 Å². The predicted molar refractivity (Wildman–Crippen MR) is 91.5 cm³/mol. The number of aromatic nitrogens is 2. The molecule has 2 rings (SSSR count). The molecule has 1 saturated carbocycles. The smallest absolute Gasteiger partial charge is 0.309 e. The van der Waals surface area contributed by atoms with Crippen LogP contribution >= 0.6 is 0 Å². The Morgan fingerprint density at radius 3 is 2.54 bits per heavy atom. The van der Waals surface area contributed by atoms with E-state index in [0.717, 1.165) is 37.9 Å². The van der Waals surface area contributed by atoms with Crippen molar-refractivity contribution in [1.82, 2.24) is 15.3 Å². The Morgan fingerprint density at radius 2 is 2.04 bits per heavy atom. The number of rotatable bonds is 8. The van der Waals surface area contributed by atoms with Gasteiger partial charge in [-0.25, -0.2) is 4.98 Å². The Bertz CT molecular complexity index is 550. The minimum absolute atomic E-state index is 0.00181. The van der Waals surface area contributed by atoms with Crippen molar-refractivity contribution >= 4 is 11.9 Å². The predicted octanol–water partition coefficient (Wildman–Crippen LogP) is 3.08. The molecule has 3 N–H and O–H groups in total. The zero-order valence-corrected chi connectivity index (χ0v) is 14.8. The molecule has 0 aromatic carbocycles. The molecule has 134 valence electrons. The fourth-order valence-corrected chi connectivity index (χ4v) is 3.98. The largest absolute Gasteiger partial charge is 0.481 e. The van der Waals surface area contributed by atoms with Gasteiger partial charge in [-0.2, -0.15) is 0 Å². The van der Waals surface area contributed by atoms with E-state index in [2.05, 4.69) is 22.2 Å². The second-order valence-corrected chi connectivity index (χ2v) is 7.26. The van der Waals surface area contributed by atoms with Crippen LogP contribution in [0.3, 0.4) is 0 Å². The van der Waals surface area contributed by atoms with Crippen LogP contribution in [0.1, 0.15) is 71.0 Å². The highest BCUT2D eigenvalue weighted by molar-refractivity contribution is 5.75. The normalized spacial score (nSPS) is 20.3. The zero-order valence-electron chi connectivity index (χ0n) is 14.8. The number of nitrogens with zero attached hydrogens (tertiary/aromatic N) is 1. The third-order valence-electron chi connectivity index (χ3n) is 5.67. The molecule has 3 atom stereocenters. The molecule has 0 aliphatic heterocycles. The minimum atomic E-state index is -0.666. The summed E-state index contributed by atoms with van der Waals surface area (Å²) in [5.74, 6) is 0.412. The summed E-state index contributed by atoms with van der Waals surface area (Å²) < 4.78 is 0. The lowest BCUT2D eigenvalue weighted by molar-refractivity contribution is -0.149. The van der Waals surface area contributed by atoms with E-state index in [1.807, 2.05) is 6.92 Å². The van der Waals surface area contributed by atoms with Gasteiger partial charge in [0.15, 0.2) is 0 Å². The Labute approximate surface area is 143 Å². The number of aliphatic carboxylic acids is 1. The van der Waals surface area contributed by atoms with E-state index in [1.54, 1.807) is 12.4 Å². The third-order valence-corrected chi connectivity index (χ3v) is 5.67. The molecule has 1 aromatic heterocycles. The van der Waals surface area contributed by atoms with Gasteiger partial charge >= 0.3 is 5.97 Å². The number of aromatic amines is 1. The number of hydrogen-bond acceptors (Lipinski definition) is 3. The first-order chi connectivity index (χ1) is 11.4. The van der Waals surface area contributed by atoms with Crippen molar-refractivity contribution in [2.45, 2.75) is 71.3 Å². The van der Waals surface area contributed by atoms with Crippen molar-refractivity contribution in [2.24, 2.45) is 11.3 Å². The topological polar surface area (TPSA) is 95.1 Å². The van der Waals surface area contributed by atoms with Crippen molar-refractivity contribution in [3.05, 3.63) is 18.2 Å². The van der Waals surface area contributed by atoms with Gasteiger partial charge in [0.2, 0.25) is 5.91 Å². The molecule has 6 heteroatoms. The fourth-order valence-electron chi connectivity index (χ4n) is 3.98. The number of amides is 1. The molecule has 1 heterocycles. The van der Waals surface area contributed by atoms with Gasteiger partial charge in [-0.3, -0.25) is 9.59 Å². The molecule has 0 saturated heterocycles. The number of carboxylic acids is 1. The summed E-state index contributed by atoms with van der Waals surface area (Å²) in [6.45, 7) is 5.60. The molecule has 6 nitrogen and oxygen atoms in total. The van der Waals surface area contributed by atoms with Crippen LogP contribution in [0.2, 0.25) is 0 Å². The second kappa shape index (κ2) is 7.81. The van der Waals surface area contributed by atoms with Crippen molar-refractivity contribution in [1.29, 1.82) is 0 Å². The van der Waals surface area contributed by atoms with Crippen molar-refractivity contribution in [3.63, 3.8) is 0 Å². The number of carbonyl (C=O) groups is 2. The Morgan fingerprint density at radius 1 is 1.38 bits per heavy atom. The summed E-state index contributed by atoms with van der Waals surface area (Å²) in [7, 11) is 0. The van der Waals surface area contributed by atoms with E-state index in [4.69, 9.17) is 0 Å². The molecule has 0 spiro atoms. The van der Waals surface area contributed by atoms with Gasteiger partial charge in [0.1, 0.15) is 5.82 Å². The second-order valence-electron chi connectivity index (χ2n) is 7.26. The lowest BCUT2D eigenvalue weighted by atomic mass is 9.76. The molecule has 24 heavy (non-hydrogen) atoms. The molecule has 1 fully saturated rings. The summed E-state index contributed by atoms with van der Waals surface area (Å²) in [4.78, 5) is 30.7. The lowest BCUT2D eigenvalue weighted by Crippen LogP contribution is -2.39. The molecule has 1 amide bonds. The zero-order chi connectivity index (χ0) is 17.7. The highest BCUT2D eigenvalue weighted by Crippen LogP contribution is 2.44. The van der Waals surface area contributed by atoms with Crippen LogP contribution in [0.25, 0.3) is 0 Å². The highest BCUT2D eigenvalue weighted by Gasteiger charge is 2.42. The van der Waals surface area contributed by atoms with Gasteiger partial charge in [-0.1, -0.05) is 19.8 Å². The van der Waals surface area contributed by atoms with E-state index >= 15 is 0 Å². The van der Waals surface area contributed by atoms with Crippen molar-refractivity contribution < 1.29 is 14.7 Å². The maximum absolute atomic E-state index is 11.8. The monoisotopic (exact) mass is 335 g/mol. The molecule has 0 radical (unpaired) electrons. The van der Waals surface area contributed by atoms with Gasteiger partial charge in [-0.05, 0) is 38.5 Å². The van der Waals surface area contributed by atoms with Gasteiger partial charge in [0.05, 0.1) is 5.41 Å². The van der Waals surface area contributed by atoms with E-state index < -0.39 is 11.4 Å². The molecule has 0 bridgehead atoms. The van der Waals surface area contributed by atoms with E-state index in [0.29, 0.717) is 6.42 Å². The van der Waals surface area contributed by atoms with Crippen LogP contribution < -0.4 is 5.32 Å². The lowest BCUT2D eigenvalue weighted by Gasteiger charge is -2.31. The number of hydrogen-bond donors (Lipinski definition) is 3. The third kappa shape index (κ3) is 4.16.